The predicted octanol–water partition coefficient (Wildman–Crippen LogP) is 6.42. The third-order valence-corrected chi connectivity index (χ3v) is 9.49. The third-order valence-electron chi connectivity index (χ3n) is 9.49. The van der Waals surface area contributed by atoms with Crippen LogP contribution in [0.4, 0.5) is 0 Å². The van der Waals surface area contributed by atoms with Gasteiger partial charge in [0.1, 0.15) is 6.61 Å². The van der Waals surface area contributed by atoms with Gasteiger partial charge in [0.2, 0.25) is 5.60 Å². The lowest BCUT2D eigenvalue weighted by Gasteiger charge is -2.33. The maximum Gasteiger partial charge on any atom is 0.343 e. The van der Waals surface area contributed by atoms with Crippen LogP contribution >= 0.6 is 0 Å². The fourth-order valence-electron chi connectivity index (χ4n) is 6.97. The number of para-hydroxylation sites is 1. The second-order valence-electron chi connectivity index (χ2n) is 12.1. The summed E-state index contributed by atoms with van der Waals surface area (Å²) in [6.45, 7) is 1.85. The molecular formula is C40H31N3O5. The van der Waals surface area contributed by atoms with E-state index in [2.05, 4.69) is 5.16 Å². The summed E-state index contributed by atoms with van der Waals surface area (Å²) in [5, 5.41) is 16.8. The molecule has 8 heteroatoms. The van der Waals surface area contributed by atoms with Crippen molar-refractivity contribution in [2.75, 3.05) is 0 Å². The van der Waals surface area contributed by atoms with E-state index in [-0.39, 0.29) is 24.2 Å². The van der Waals surface area contributed by atoms with E-state index in [9.17, 15) is 14.7 Å². The highest BCUT2D eigenvalue weighted by Crippen LogP contribution is 2.41. The van der Waals surface area contributed by atoms with E-state index in [4.69, 9.17) is 14.6 Å². The van der Waals surface area contributed by atoms with Crippen molar-refractivity contribution in [2.24, 2.45) is 5.16 Å². The van der Waals surface area contributed by atoms with E-state index in [0.29, 0.717) is 29.0 Å². The quantitative estimate of drug-likeness (QED) is 0.0941. The fraction of sp³-hybridized carbons (Fsp3) is 0.150. The molecule has 2 aliphatic rings. The average Bonchev–Trinajstić information content (AvgIpc) is 3.50. The van der Waals surface area contributed by atoms with Gasteiger partial charge in [-0.3, -0.25) is 4.79 Å². The summed E-state index contributed by atoms with van der Waals surface area (Å²) >= 11 is 0. The number of esters is 1. The van der Waals surface area contributed by atoms with Gasteiger partial charge in [0, 0.05) is 38.8 Å². The summed E-state index contributed by atoms with van der Waals surface area (Å²) in [5.74, 6) is -0.748. The number of carbonyl (C=O) groups excluding carboxylic acids is 1. The van der Waals surface area contributed by atoms with Crippen LogP contribution in [0.1, 0.15) is 52.3 Å². The van der Waals surface area contributed by atoms with Crippen LogP contribution in [0.25, 0.3) is 22.3 Å². The Hall–Kier alpha value is -5.86. The second-order valence-corrected chi connectivity index (χ2v) is 12.1. The molecule has 0 amide bonds. The van der Waals surface area contributed by atoms with Crippen LogP contribution in [0, 0.1) is 0 Å². The SMILES string of the molecule is CC[C@@]1(O)C(=O)OCc2c1cc1n(c2=O)Cc2cc3cccc(/C=N/OC(c4ccccc4)(c4ccccc4)c4ccccc4)c3nc2-1. The predicted molar refractivity (Wildman–Crippen MR) is 182 cm³/mol. The number of cyclic esters (lactones) is 1. The summed E-state index contributed by atoms with van der Waals surface area (Å²) in [4.78, 5) is 37.9. The van der Waals surface area contributed by atoms with Crippen molar-refractivity contribution >= 4 is 23.1 Å². The number of benzene rings is 4. The number of carbonyl (C=O) groups is 1. The van der Waals surface area contributed by atoms with Crippen LogP contribution in [-0.2, 0) is 38.7 Å². The molecule has 0 fully saturated rings. The summed E-state index contributed by atoms with van der Waals surface area (Å²) in [6.07, 6.45) is 1.75. The Kier molecular flexibility index (Phi) is 7.04. The first kappa shape index (κ1) is 29.5. The van der Waals surface area contributed by atoms with Crippen molar-refractivity contribution in [3.05, 3.63) is 171 Å². The number of aromatic nitrogens is 2. The van der Waals surface area contributed by atoms with Gasteiger partial charge in [0.15, 0.2) is 5.60 Å². The number of pyridine rings is 2. The van der Waals surface area contributed by atoms with Gasteiger partial charge in [0.25, 0.3) is 5.56 Å². The Balaban J connectivity index is 1.24. The van der Waals surface area contributed by atoms with E-state index >= 15 is 0 Å². The summed E-state index contributed by atoms with van der Waals surface area (Å²) < 4.78 is 6.84. The van der Waals surface area contributed by atoms with E-state index in [1.807, 2.05) is 115 Å². The molecule has 0 spiro atoms. The average molecular weight is 634 g/mol. The van der Waals surface area contributed by atoms with Gasteiger partial charge in [-0.15, -0.1) is 0 Å². The highest BCUT2D eigenvalue weighted by Gasteiger charge is 2.45. The number of hydrogen-bond donors (Lipinski definition) is 1. The van der Waals surface area contributed by atoms with Crippen molar-refractivity contribution in [3.8, 4) is 11.4 Å². The molecule has 0 bridgehead atoms. The zero-order valence-corrected chi connectivity index (χ0v) is 26.2. The number of rotatable bonds is 7. The van der Waals surface area contributed by atoms with Crippen LogP contribution in [0.3, 0.4) is 0 Å². The molecule has 1 atom stereocenters. The van der Waals surface area contributed by atoms with Gasteiger partial charge >= 0.3 is 5.97 Å². The minimum absolute atomic E-state index is 0.0801. The number of aliphatic hydroxyl groups is 1. The molecule has 0 aliphatic carbocycles. The molecule has 0 unspecified atom stereocenters. The molecule has 6 aromatic rings. The van der Waals surface area contributed by atoms with E-state index in [1.54, 1.807) is 23.8 Å². The Bertz CT molecular complexity index is 2190. The van der Waals surface area contributed by atoms with E-state index in [0.717, 1.165) is 33.2 Å². The topological polar surface area (TPSA) is 103 Å². The minimum atomic E-state index is -1.89. The van der Waals surface area contributed by atoms with Crippen LogP contribution < -0.4 is 5.56 Å². The summed E-state index contributed by atoms with van der Waals surface area (Å²) in [5.41, 5.74) is 3.59. The molecule has 4 aromatic carbocycles. The first-order valence-electron chi connectivity index (χ1n) is 15.9. The minimum Gasteiger partial charge on any atom is -0.458 e. The second kappa shape index (κ2) is 11.4. The monoisotopic (exact) mass is 633 g/mol. The zero-order valence-electron chi connectivity index (χ0n) is 26.2. The number of oxime groups is 1. The lowest BCUT2D eigenvalue weighted by Crippen LogP contribution is -2.44. The van der Waals surface area contributed by atoms with Gasteiger partial charge < -0.3 is 19.2 Å². The first-order chi connectivity index (χ1) is 23.4. The number of fused-ring (bicyclic) bond motifs is 5. The van der Waals surface area contributed by atoms with Crippen LogP contribution in [0.2, 0.25) is 0 Å². The van der Waals surface area contributed by atoms with Gasteiger partial charge in [-0.2, -0.15) is 0 Å². The van der Waals surface area contributed by atoms with E-state index in [1.165, 1.54) is 0 Å². The highest BCUT2D eigenvalue weighted by atomic mass is 16.6. The summed E-state index contributed by atoms with van der Waals surface area (Å²) in [7, 11) is 0. The molecule has 8 nitrogen and oxygen atoms in total. The molecule has 0 radical (unpaired) electrons. The number of ether oxygens (including phenoxy) is 1. The molecule has 2 aromatic heterocycles. The third kappa shape index (κ3) is 4.48. The molecule has 2 aliphatic heterocycles. The Morgan fingerprint density at radius 1 is 0.896 bits per heavy atom. The molecule has 0 saturated carbocycles. The van der Waals surface area contributed by atoms with E-state index < -0.39 is 17.2 Å². The van der Waals surface area contributed by atoms with Crippen LogP contribution in [-0.4, -0.2) is 26.8 Å². The van der Waals surface area contributed by atoms with Crippen molar-refractivity contribution < 1.29 is 19.5 Å². The lowest BCUT2D eigenvalue weighted by atomic mass is 9.80. The molecule has 0 saturated heterocycles. The standard InChI is InChI=1S/C40H31N3O5/c1-2-39(46)33-22-34-36-28(24-43(34)37(44)32(33)25-47-38(39)45)21-26-13-12-14-27(35(26)42-36)23-41-48-40(29-15-6-3-7-16-29,30-17-8-4-9-18-30)31-19-10-5-11-20-31/h3-23,46H,2,24-25H2,1H3/b41-23+/t39-/m0/s1. The van der Waals surface area contributed by atoms with Crippen molar-refractivity contribution in [1.82, 2.24) is 9.55 Å². The molecule has 48 heavy (non-hydrogen) atoms. The molecule has 4 heterocycles. The highest BCUT2D eigenvalue weighted by molar-refractivity contribution is 5.98. The Morgan fingerprint density at radius 2 is 1.52 bits per heavy atom. The number of nitrogens with zero attached hydrogens (tertiary/aromatic N) is 3. The maximum absolute atomic E-state index is 13.6. The molecule has 1 N–H and O–H groups in total. The zero-order chi connectivity index (χ0) is 32.9. The first-order valence-corrected chi connectivity index (χ1v) is 15.9. The van der Waals surface area contributed by atoms with Crippen LogP contribution in [0.15, 0.2) is 131 Å². The Labute approximate surface area is 276 Å². The Morgan fingerprint density at radius 3 is 2.12 bits per heavy atom. The van der Waals surface area contributed by atoms with Crippen LogP contribution in [0.5, 0.6) is 0 Å². The van der Waals surface area contributed by atoms with Crippen molar-refractivity contribution in [1.29, 1.82) is 0 Å². The number of hydrogen-bond acceptors (Lipinski definition) is 7. The van der Waals surface area contributed by atoms with Crippen molar-refractivity contribution in [3.63, 3.8) is 0 Å². The van der Waals surface area contributed by atoms with Gasteiger partial charge in [0.05, 0.1) is 35.2 Å². The maximum atomic E-state index is 13.6. The normalized spacial score (nSPS) is 16.8. The molecule has 236 valence electrons. The molecular weight excluding hydrogens is 602 g/mol. The van der Waals surface area contributed by atoms with Gasteiger partial charge in [-0.05, 0) is 18.6 Å². The van der Waals surface area contributed by atoms with Gasteiger partial charge in [-0.1, -0.05) is 121 Å². The largest absolute Gasteiger partial charge is 0.458 e. The fourth-order valence-corrected chi connectivity index (χ4v) is 6.97. The smallest absolute Gasteiger partial charge is 0.343 e. The molecule has 8 rings (SSSR count). The summed E-state index contributed by atoms with van der Waals surface area (Å²) in [6, 6.07) is 39.7. The van der Waals surface area contributed by atoms with Gasteiger partial charge in [-0.25, -0.2) is 9.78 Å². The lowest BCUT2D eigenvalue weighted by molar-refractivity contribution is -0.172. The van der Waals surface area contributed by atoms with Crippen molar-refractivity contribution in [2.45, 2.75) is 37.7 Å².